The quantitative estimate of drug-likeness (QED) is 0.0834. The fraction of sp³-hybridized carbons (Fsp3) is 0.561. The number of halogens is 2. The van der Waals surface area contributed by atoms with Crippen molar-refractivity contribution in [2.75, 3.05) is 92.4 Å². The van der Waals surface area contributed by atoms with Crippen LogP contribution in [0.1, 0.15) is 50.5 Å². The minimum atomic E-state index is -0.593. The van der Waals surface area contributed by atoms with E-state index in [1.165, 1.54) is 58.5 Å². The van der Waals surface area contributed by atoms with Crippen molar-refractivity contribution in [3.63, 3.8) is 0 Å². The van der Waals surface area contributed by atoms with Crippen molar-refractivity contribution in [3.8, 4) is 16.9 Å². The van der Waals surface area contributed by atoms with Gasteiger partial charge in [-0.15, -0.1) is 0 Å². The second-order valence-electron chi connectivity index (χ2n) is 14.9. The van der Waals surface area contributed by atoms with Crippen LogP contribution in [0.15, 0.2) is 52.4 Å². The van der Waals surface area contributed by atoms with Crippen LogP contribution < -0.4 is 11.1 Å². The number of ether oxygens (including phenoxy) is 1. The van der Waals surface area contributed by atoms with Gasteiger partial charge in [0.15, 0.2) is 5.82 Å². The smallest absolute Gasteiger partial charge is 0.158 e. The zero-order valence-electron chi connectivity index (χ0n) is 31.4. The summed E-state index contributed by atoms with van der Waals surface area (Å²) in [5.74, 6) is 0.0525. The van der Waals surface area contributed by atoms with Crippen LogP contribution in [0, 0.1) is 5.82 Å². The number of amidine groups is 1. The summed E-state index contributed by atoms with van der Waals surface area (Å²) in [6.07, 6.45) is 7.83. The molecular weight excluding hydrogens is 691 g/mol. The minimum absolute atomic E-state index is 0.0305. The van der Waals surface area contributed by atoms with Gasteiger partial charge in [0.2, 0.25) is 0 Å². The van der Waals surface area contributed by atoms with Gasteiger partial charge < -0.3 is 40.5 Å². The number of fused-ring (bicyclic) bond motifs is 3. The first-order chi connectivity index (χ1) is 25.8. The monoisotopic (exact) mass is 748 g/mol. The highest BCUT2D eigenvalue weighted by molar-refractivity contribution is 6.34. The van der Waals surface area contributed by atoms with E-state index < -0.39 is 5.82 Å². The highest BCUT2D eigenvalue weighted by Crippen LogP contribution is 2.43. The summed E-state index contributed by atoms with van der Waals surface area (Å²) in [5, 5.41) is 16.0. The fourth-order valence-electron chi connectivity index (χ4n) is 8.16. The number of nitrogens with two attached hydrogens (primary N) is 1. The first-order valence-electron chi connectivity index (χ1n) is 19.5. The predicted molar refractivity (Wildman–Crippen MR) is 217 cm³/mol. The van der Waals surface area contributed by atoms with E-state index in [1.807, 2.05) is 24.3 Å². The van der Waals surface area contributed by atoms with Gasteiger partial charge in [0.25, 0.3) is 0 Å². The molecule has 0 spiro atoms. The number of benzene rings is 3. The number of phenols is 1. The van der Waals surface area contributed by atoms with E-state index in [-0.39, 0.29) is 28.8 Å². The molecule has 2 atom stereocenters. The van der Waals surface area contributed by atoms with Crippen LogP contribution in [-0.2, 0) is 4.74 Å². The molecule has 288 valence electrons. The third-order valence-corrected chi connectivity index (χ3v) is 11.3. The number of likely N-dealkylation sites (tertiary alicyclic amines) is 1. The molecule has 3 aromatic rings. The molecule has 3 heterocycles. The predicted octanol–water partition coefficient (Wildman–Crippen LogP) is 5.95. The van der Waals surface area contributed by atoms with Crippen LogP contribution in [0.3, 0.4) is 0 Å². The lowest BCUT2D eigenvalue weighted by molar-refractivity contribution is 0.125. The lowest BCUT2D eigenvalue weighted by Gasteiger charge is -2.35. The maximum absolute atomic E-state index is 16.6. The fourth-order valence-corrected chi connectivity index (χ4v) is 8.45. The molecule has 2 bridgehead atoms. The van der Waals surface area contributed by atoms with Crippen LogP contribution in [0.25, 0.3) is 21.9 Å². The number of hydrogen-bond acceptors (Lipinski definition) is 9. The summed E-state index contributed by atoms with van der Waals surface area (Å²) < 4.78 is 22.7. The Bertz CT molecular complexity index is 1690. The number of piperazine rings is 2. The number of aliphatic imine (C=N–C) groups is 2. The molecule has 10 nitrogen and oxygen atoms in total. The molecule has 0 aliphatic carbocycles. The van der Waals surface area contributed by atoms with Crippen molar-refractivity contribution in [1.29, 1.82) is 0 Å². The van der Waals surface area contributed by atoms with Gasteiger partial charge in [0.05, 0.1) is 11.6 Å². The zero-order valence-corrected chi connectivity index (χ0v) is 32.2. The van der Waals surface area contributed by atoms with Gasteiger partial charge in [-0.1, -0.05) is 35.9 Å². The lowest BCUT2D eigenvalue weighted by Crippen LogP contribution is -2.53. The molecule has 0 amide bonds. The maximum Gasteiger partial charge on any atom is 0.158 e. The SMILES string of the molecule is C=Nc1c(/C(=N\COCCCN(C)CCCCN2CCN(CCCCN)CC2)N2CC3CCC(C2)N3)cc(Cl)c(-c2cc(O)cc3ccccc23)c1F. The molecule has 3 aliphatic rings. The van der Waals surface area contributed by atoms with Crippen LogP contribution in [-0.4, -0.2) is 142 Å². The number of nitrogens with zero attached hydrogens (tertiary/aromatic N) is 6. The first-order valence-corrected chi connectivity index (χ1v) is 19.9. The molecule has 3 aromatic carbocycles. The van der Waals surface area contributed by atoms with Crippen LogP contribution >= 0.6 is 11.6 Å². The van der Waals surface area contributed by atoms with E-state index in [9.17, 15) is 5.11 Å². The second kappa shape index (κ2) is 19.4. The molecule has 0 radical (unpaired) electrons. The van der Waals surface area contributed by atoms with E-state index in [1.54, 1.807) is 18.2 Å². The Labute approximate surface area is 319 Å². The van der Waals surface area contributed by atoms with Crippen LogP contribution in [0.2, 0.25) is 5.02 Å². The summed E-state index contributed by atoms with van der Waals surface area (Å²) in [7, 11) is 2.18. The Hall–Kier alpha value is -3.16. The van der Waals surface area contributed by atoms with Crippen molar-refractivity contribution >= 4 is 40.6 Å². The van der Waals surface area contributed by atoms with Gasteiger partial charge >= 0.3 is 0 Å². The Morgan fingerprint density at radius 2 is 1.68 bits per heavy atom. The first kappa shape index (κ1) is 39.5. The molecule has 3 saturated heterocycles. The maximum atomic E-state index is 16.6. The van der Waals surface area contributed by atoms with E-state index >= 15 is 4.39 Å². The van der Waals surface area contributed by atoms with Gasteiger partial charge in [-0.2, -0.15) is 0 Å². The Kier molecular flexibility index (Phi) is 14.5. The number of nitrogens with one attached hydrogen (secondary N) is 1. The van der Waals surface area contributed by atoms with Gasteiger partial charge in [-0.05, 0) is 119 Å². The Morgan fingerprint density at radius 1 is 1.00 bits per heavy atom. The third kappa shape index (κ3) is 10.3. The molecule has 0 saturated carbocycles. The van der Waals surface area contributed by atoms with Crippen molar-refractivity contribution in [2.24, 2.45) is 15.7 Å². The third-order valence-electron chi connectivity index (χ3n) is 11.0. The van der Waals surface area contributed by atoms with Gasteiger partial charge in [0.1, 0.15) is 24.0 Å². The number of rotatable bonds is 18. The second-order valence-corrected chi connectivity index (χ2v) is 15.3. The van der Waals surface area contributed by atoms with Gasteiger partial charge in [-0.25, -0.2) is 9.38 Å². The summed E-state index contributed by atoms with van der Waals surface area (Å²) in [4.78, 5) is 18.9. The number of hydrogen-bond donors (Lipinski definition) is 3. The molecule has 3 aliphatic heterocycles. The number of phenolic OH excluding ortho intramolecular Hbond substituents is 1. The molecule has 4 N–H and O–H groups in total. The summed E-state index contributed by atoms with van der Waals surface area (Å²) >= 11 is 6.93. The van der Waals surface area contributed by atoms with Crippen molar-refractivity contribution in [1.82, 2.24) is 24.9 Å². The molecule has 12 heteroatoms. The summed E-state index contributed by atoms with van der Waals surface area (Å²) in [6.45, 7) is 15.9. The van der Waals surface area contributed by atoms with Crippen LogP contribution in [0.4, 0.5) is 10.1 Å². The highest BCUT2D eigenvalue weighted by atomic mass is 35.5. The van der Waals surface area contributed by atoms with E-state index in [0.717, 1.165) is 69.2 Å². The van der Waals surface area contributed by atoms with Gasteiger partial charge in [0, 0.05) is 69.0 Å². The van der Waals surface area contributed by atoms with Crippen molar-refractivity contribution < 1.29 is 14.2 Å². The zero-order chi connectivity index (χ0) is 37.2. The lowest BCUT2D eigenvalue weighted by atomic mass is 9.95. The van der Waals surface area contributed by atoms with Crippen LogP contribution in [0.5, 0.6) is 5.75 Å². The van der Waals surface area contributed by atoms with Crippen molar-refractivity contribution in [2.45, 2.75) is 57.0 Å². The molecular formula is C41H58ClFN8O2. The Morgan fingerprint density at radius 3 is 2.38 bits per heavy atom. The molecule has 6 rings (SSSR count). The topological polar surface area (TPSA) is 105 Å². The minimum Gasteiger partial charge on any atom is -0.508 e. The van der Waals surface area contributed by atoms with Crippen molar-refractivity contribution in [3.05, 3.63) is 58.9 Å². The highest BCUT2D eigenvalue weighted by Gasteiger charge is 2.35. The molecule has 0 aromatic heterocycles. The largest absolute Gasteiger partial charge is 0.508 e. The molecule has 53 heavy (non-hydrogen) atoms. The van der Waals surface area contributed by atoms with E-state index in [4.69, 9.17) is 27.1 Å². The van der Waals surface area contributed by atoms with E-state index in [2.05, 4.69) is 43.7 Å². The van der Waals surface area contributed by atoms with E-state index in [0.29, 0.717) is 35.7 Å². The standard InChI is InChI=1S/C41H58ClFN8O2/c1-45-40-36(26-37(42)38(39(40)43)35-25-33(52)24-30-10-3-4-11-34(30)35)41(51-27-31-12-13-32(28-51)47-31)46-29-53-23-9-16-48(2)15-7-8-18-50-21-19-49(20-22-50)17-6-5-14-44/h3-4,10-11,24-26,31-32,47,52H,1,5-9,12-23,27-29,44H2,2H3/b46-41+. The molecule has 3 fully saturated rings. The number of aromatic hydroxyl groups is 1. The average Bonchev–Trinajstić information content (AvgIpc) is 3.50. The average molecular weight is 749 g/mol. The van der Waals surface area contributed by atoms with Gasteiger partial charge in [-0.3, -0.25) is 4.99 Å². The summed E-state index contributed by atoms with van der Waals surface area (Å²) in [5.41, 5.74) is 6.89. The number of unbranched alkanes of at least 4 members (excludes halogenated alkanes) is 2. The summed E-state index contributed by atoms with van der Waals surface area (Å²) in [6, 6.07) is 13.2. The molecule has 2 unspecified atom stereocenters. The Balaban J connectivity index is 1.04. The normalized spacial score (nSPS) is 19.9.